The van der Waals surface area contributed by atoms with Crippen molar-refractivity contribution in [3.8, 4) is 84.7 Å². The monoisotopic (exact) mass is 1680 g/mol. The summed E-state index contributed by atoms with van der Waals surface area (Å²) in [5.41, 5.74) is 28.0. The van der Waals surface area contributed by atoms with Crippen LogP contribution in [0.4, 0.5) is 28.4 Å². The Morgan fingerprint density at radius 1 is 0.182 bits per heavy atom. The zero-order valence-electron chi connectivity index (χ0n) is 70.8. The highest BCUT2D eigenvalue weighted by Gasteiger charge is 2.28. The lowest BCUT2D eigenvalue weighted by atomic mass is 10.0. The second-order valence-corrected chi connectivity index (χ2v) is 32.7. The largest absolute Gasteiger partial charge is 0.320 e. The molecule has 25 rings (SSSR count). The van der Waals surface area contributed by atoms with Gasteiger partial charge in [0.1, 0.15) is 6.07 Å². The predicted molar refractivity (Wildman–Crippen MR) is 543 cm³/mol. The molecule has 0 aliphatic carbocycles. The molecule has 0 bridgehead atoms. The Morgan fingerprint density at radius 2 is 0.417 bits per heavy atom. The quantitative estimate of drug-likeness (QED) is 0.126. The van der Waals surface area contributed by atoms with Gasteiger partial charge in [-0.2, -0.15) is 5.26 Å². The van der Waals surface area contributed by atoms with Crippen molar-refractivity contribution in [3.05, 3.63) is 487 Å². The first-order valence-electron chi connectivity index (χ1n) is 43.4. The molecule has 0 spiro atoms. The highest BCUT2D eigenvalue weighted by atomic mass is 15.1. The van der Waals surface area contributed by atoms with Crippen LogP contribution in [0.25, 0.3) is 234 Å². The van der Waals surface area contributed by atoms with Gasteiger partial charge < -0.3 is 27.4 Å². The number of nitriles is 1. The van der Waals surface area contributed by atoms with Crippen molar-refractivity contribution in [3.63, 3.8) is 0 Å². The molecular formula is C120H70N12. The molecule has 0 N–H and O–H groups in total. The van der Waals surface area contributed by atoms with Crippen LogP contribution >= 0.6 is 0 Å². The third-order valence-electron chi connectivity index (χ3n) is 25.7. The molecule has 132 heavy (non-hydrogen) atoms. The topological polar surface area (TPSA) is 75.2 Å². The van der Waals surface area contributed by atoms with Gasteiger partial charge >= 0.3 is 0 Å². The molecule has 0 unspecified atom stereocenters. The fourth-order valence-electron chi connectivity index (χ4n) is 19.9. The van der Waals surface area contributed by atoms with Crippen molar-refractivity contribution < 1.29 is 0 Å². The smallest absolute Gasteiger partial charge is 0.220 e. The molecule has 6 aromatic heterocycles. The highest BCUT2D eigenvalue weighted by molar-refractivity contribution is 6.17. The number of rotatable bonds is 10. The Hall–Kier alpha value is -19.1. The molecule has 12 nitrogen and oxygen atoms in total. The second-order valence-electron chi connectivity index (χ2n) is 32.7. The zero-order chi connectivity index (χ0) is 88.6. The van der Waals surface area contributed by atoms with E-state index in [0.29, 0.717) is 39.7 Å². The maximum Gasteiger partial charge on any atom is 0.220 e. The first kappa shape index (κ1) is 77.7. The molecule has 0 aliphatic heterocycles. The molecule has 0 radical (unpaired) electrons. The summed E-state index contributed by atoms with van der Waals surface area (Å²) < 4.78 is 13.0. The van der Waals surface area contributed by atoms with E-state index in [-0.39, 0.29) is 0 Å². The molecule has 0 fully saturated rings. The minimum atomic E-state index is 0.353. The number of fused-ring (bicyclic) bond motifs is 18. The summed E-state index contributed by atoms with van der Waals surface area (Å²) in [6, 6.07) is 148. The number of benzene rings is 19. The van der Waals surface area contributed by atoms with Gasteiger partial charge in [0.15, 0.2) is 11.4 Å². The normalized spacial score (nSPS) is 11.3. The van der Waals surface area contributed by atoms with Crippen molar-refractivity contribution >= 4 is 159 Å². The first-order valence-corrected chi connectivity index (χ1v) is 43.4. The van der Waals surface area contributed by atoms with E-state index in [9.17, 15) is 5.26 Å². The van der Waals surface area contributed by atoms with E-state index >= 15 is 0 Å². The van der Waals surface area contributed by atoms with Crippen molar-refractivity contribution in [1.29, 1.82) is 5.26 Å². The van der Waals surface area contributed by atoms with Gasteiger partial charge in [-0.05, 0) is 178 Å². The van der Waals surface area contributed by atoms with Crippen LogP contribution in [0.2, 0.25) is 0 Å². The molecule has 0 amide bonds. The number of nitrogens with zero attached hydrogens (tertiary/aromatic N) is 12. The lowest BCUT2D eigenvalue weighted by Crippen LogP contribution is -2.03. The van der Waals surface area contributed by atoms with Gasteiger partial charge in [-0.3, -0.25) is 9.69 Å². The van der Waals surface area contributed by atoms with Gasteiger partial charge in [0.05, 0.1) is 122 Å². The molecule has 19 aromatic carbocycles. The van der Waals surface area contributed by atoms with E-state index in [1.54, 1.807) is 0 Å². The Labute approximate surface area is 758 Å². The second kappa shape index (κ2) is 32.2. The van der Waals surface area contributed by atoms with Crippen LogP contribution in [0.3, 0.4) is 0 Å². The highest BCUT2D eigenvalue weighted by Crippen LogP contribution is 2.50. The summed E-state index contributed by atoms with van der Waals surface area (Å²) in [5.74, 6) is 0. The SMILES string of the molecule is [C-]#[N+]c1c(-n2c3ccccc3c3ccccc32)ccc(-n2c3ccccc3c3ccccc32)c1[N+]#[C-].[C-]#[N+]c1cc(-n2c3ccc(-c4ccccc4)cc3c3cc(-c4ccccc4)ccc32)cc(C#N)c1-n1c2ccc(-c3ccccc3)cc2c2cc(-c3ccccc3)ccc21.[C-]#[N+]c1cc(-n2c3ccccc3c3ccccc32)c(-n2c3ccccc3c3ccccc32)cc1[N+]#[C-]. The number of para-hydroxylation sites is 8. The lowest BCUT2D eigenvalue weighted by molar-refractivity contribution is 1.10. The van der Waals surface area contributed by atoms with Gasteiger partial charge in [0.25, 0.3) is 0 Å². The molecular weight excluding hydrogens is 1610 g/mol. The summed E-state index contributed by atoms with van der Waals surface area (Å²) in [6.45, 7) is 40.6. The van der Waals surface area contributed by atoms with Crippen molar-refractivity contribution in [2.45, 2.75) is 0 Å². The Kier molecular flexibility index (Phi) is 18.9. The third-order valence-corrected chi connectivity index (χ3v) is 25.7. The number of hydrogen-bond donors (Lipinski definition) is 0. The van der Waals surface area contributed by atoms with Crippen LogP contribution < -0.4 is 0 Å². The minimum Gasteiger partial charge on any atom is -0.320 e. The van der Waals surface area contributed by atoms with E-state index in [0.717, 1.165) is 204 Å². The van der Waals surface area contributed by atoms with E-state index in [1.165, 1.54) is 0 Å². The average Bonchev–Trinajstić information content (AvgIpc) is 1.87. The average molecular weight is 1680 g/mol. The van der Waals surface area contributed by atoms with Crippen LogP contribution in [0.5, 0.6) is 0 Å². The maximum absolute atomic E-state index is 11.1. The van der Waals surface area contributed by atoms with Crippen molar-refractivity contribution in [1.82, 2.24) is 27.4 Å². The number of aromatic nitrogens is 6. The molecule has 0 aliphatic rings. The molecule has 0 atom stereocenters. The Morgan fingerprint density at radius 3 is 0.667 bits per heavy atom. The first-order chi connectivity index (χ1) is 65.3. The van der Waals surface area contributed by atoms with Crippen LogP contribution in [0.15, 0.2) is 425 Å². The minimum absolute atomic E-state index is 0.353. The third kappa shape index (κ3) is 12.6. The zero-order valence-corrected chi connectivity index (χ0v) is 70.8. The van der Waals surface area contributed by atoms with E-state index in [1.807, 2.05) is 133 Å². The van der Waals surface area contributed by atoms with Crippen molar-refractivity contribution in [2.75, 3.05) is 0 Å². The standard InChI is InChI=1S/C56H34N4.2C32H18N4/c1-58-51-35-46(59-52-26-22-41(37-14-6-2-7-15-37)31-47(52)48-32-42(23-27-53(48)59)38-16-8-3-9-17-38)30-45(36-57)56(51)60-54-28-24-43(39-18-10-4-11-19-39)33-49(54)50-34-44(25-29-55(50)60)40-20-12-5-13-21-40;1-33-25-19-31(35-27-15-7-3-11-21(27)22-12-4-8-16-28(22)35)32(20-26(25)34-2)36-29-17-9-5-13-23(29)24-14-6-10-18-30(24)36;1-33-31-29(35-25-15-7-3-11-21(25)22-12-4-8-16-26(22)35)19-20-30(32(31)34-2)36-27-17-9-5-13-23(27)24-14-6-10-18-28(24)36/h2-35H;2*3-20H. The Balaban J connectivity index is 0.000000119. The molecule has 610 valence electrons. The predicted octanol–water partition coefficient (Wildman–Crippen LogP) is 32.9. The summed E-state index contributed by atoms with van der Waals surface area (Å²) >= 11 is 0. The fourth-order valence-corrected chi connectivity index (χ4v) is 19.9. The van der Waals surface area contributed by atoms with Gasteiger partial charge in [-0.15, -0.1) is 0 Å². The van der Waals surface area contributed by atoms with Gasteiger partial charge in [-0.1, -0.05) is 291 Å². The molecule has 6 heterocycles. The fraction of sp³-hybridized carbons (Fsp3) is 0. The van der Waals surface area contributed by atoms with E-state index in [4.69, 9.17) is 32.9 Å². The molecule has 0 saturated carbocycles. The molecule has 25 aromatic rings. The summed E-state index contributed by atoms with van der Waals surface area (Å²) in [5, 5.41) is 24.5. The van der Waals surface area contributed by atoms with Crippen LogP contribution in [0, 0.1) is 44.2 Å². The Bertz CT molecular complexity index is 8620. The maximum atomic E-state index is 11.1. The molecule has 12 heteroatoms. The molecule has 0 saturated heterocycles. The van der Waals surface area contributed by atoms with Gasteiger partial charge in [-0.25, -0.2) is 14.5 Å². The summed E-state index contributed by atoms with van der Waals surface area (Å²) in [6.07, 6.45) is 0. The van der Waals surface area contributed by atoms with Gasteiger partial charge in [0.2, 0.25) is 17.1 Å². The summed E-state index contributed by atoms with van der Waals surface area (Å²) in [7, 11) is 0. The van der Waals surface area contributed by atoms with E-state index in [2.05, 4.69) is 349 Å². The summed E-state index contributed by atoms with van der Waals surface area (Å²) in [4.78, 5) is 19.5. The van der Waals surface area contributed by atoms with Crippen molar-refractivity contribution in [2.24, 2.45) is 0 Å². The number of hydrogen-bond acceptors (Lipinski definition) is 1. The van der Waals surface area contributed by atoms with Crippen LogP contribution in [-0.2, 0) is 0 Å². The van der Waals surface area contributed by atoms with Crippen LogP contribution in [0.1, 0.15) is 5.56 Å². The van der Waals surface area contributed by atoms with Crippen LogP contribution in [-0.4, -0.2) is 27.4 Å². The van der Waals surface area contributed by atoms with Gasteiger partial charge in [0, 0.05) is 81.7 Å². The van der Waals surface area contributed by atoms with E-state index < -0.39 is 0 Å². The lowest BCUT2D eigenvalue weighted by Gasteiger charge is -2.18.